The Morgan fingerprint density at radius 3 is 3.10 bits per heavy atom. The average molecular weight is 303 g/mol. The summed E-state index contributed by atoms with van der Waals surface area (Å²) in [5, 5.41) is 4.50. The molecule has 1 aliphatic carbocycles. The van der Waals surface area contributed by atoms with Crippen molar-refractivity contribution in [1.29, 1.82) is 0 Å². The van der Waals surface area contributed by atoms with Crippen LogP contribution < -0.4 is 5.32 Å². The van der Waals surface area contributed by atoms with Crippen molar-refractivity contribution in [2.24, 2.45) is 5.92 Å². The summed E-state index contributed by atoms with van der Waals surface area (Å²) in [5.74, 6) is 1.47. The number of rotatable bonds is 5. The maximum Gasteiger partial charge on any atom is 0.203 e. The molecule has 2 aromatic rings. The minimum absolute atomic E-state index is 0.332. The molecule has 112 valence electrons. The van der Waals surface area contributed by atoms with E-state index in [-0.39, 0.29) is 0 Å². The predicted molar refractivity (Wildman–Crippen MR) is 85.8 cm³/mol. The van der Waals surface area contributed by atoms with E-state index in [1.165, 1.54) is 35.5 Å². The highest BCUT2D eigenvalue weighted by molar-refractivity contribution is 7.09. The van der Waals surface area contributed by atoms with Crippen LogP contribution in [0.25, 0.3) is 0 Å². The molecule has 0 spiro atoms. The fraction of sp³-hybridized carbons (Fsp3) is 0.500. The number of anilines is 1. The molecule has 21 heavy (non-hydrogen) atoms. The van der Waals surface area contributed by atoms with Crippen molar-refractivity contribution in [3.63, 3.8) is 0 Å². The number of methoxy groups -OCH3 is 1. The van der Waals surface area contributed by atoms with Crippen molar-refractivity contribution in [3.05, 3.63) is 41.2 Å². The van der Waals surface area contributed by atoms with Crippen molar-refractivity contribution < 1.29 is 4.74 Å². The maximum absolute atomic E-state index is 5.07. The molecule has 4 nitrogen and oxygen atoms in total. The number of hydrogen-bond donors (Lipinski definition) is 1. The summed E-state index contributed by atoms with van der Waals surface area (Å²) in [6.45, 7) is 2.97. The van der Waals surface area contributed by atoms with Gasteiger partial charge in [0.1, 0.15) is 5.82 Å². The van der Waals surface area contributed by atoms with Gasteiger partial charge in [0.2, 0.25) is 5.13 Å². The zero-order chi connectivity index (χ0) is 14.7. The summed E-state index contributed by atoms with van der Waals surface area (Å²) in [6, 6.07) is 9.04. The fourth-order valence-electron chi connectivity index (χ4n) is 2.88. The van der Waals surface area contributed by atoms with Crippen molar-refractivity contribution in [3.8, 4) is 0 Å². The van der Waals surface area contributed by atoms with Crippen LogP contribution in [0.2, 0.25) is 0 Å². The van der Waals surface area contributed by atoms with E-state index in [0.717, 1.165) is 17.4 Å². The largest absolute Gasteiger partial charge is 0.384 e. The highest BCUT2D eigenvalue weighted by Crippen LogP contribution is 2.36. The van der Waals surface area contributed by atoms with E-state index in [1.54, 1.807) is 7.11 Å². The number of nitrogens with zero attached hydrogens (tertiary/aromatic N) is 2. The monoisotopic (exact) mass is 303 g/mol. The van der Waals surface area contributed by atoms with Gasteiger partial charge in [-0.3, -0.25) is 0 Å². The van der Waals surface area contributed by atoms with Crippen LogP contribution in [0, 0.1) is 5.92 Å². The topological polar surface area (TPSA) is 47.0 Å². The first-order valence-corrected chi connectivity index (χ1v) is 8.21. The third-order valence-electron chi connectivity index (χ3n) is 4.11. The molecule has 2 unspecified atom stereocenters. The summed E-state index contributed by atoms with van der Waals surface area (Å²) in [4.78, 5) is 4.57. The van der Waals surface area contributed by atoms with Crippen molar-refractivity contribution >= 4 is 16.7 Å². The Bertz CT molecular complexity index is 599. The molecule has 1 heterocycles. The van der Waals surface area contributed by atoms with Gasteiger partial charge in [-0.15, -0.1) is 0 Å². The standard InChI is InChI=1S/C16H21N3OS/c1-11-7-8-12-5-3-4-6-13(12)15(11)18-16-17-14(19-21-16)9-10-20-2/h3-6,11,15H,7-10H2,1-2H3,(H,17,18,19). The Labute approximate surface area is 129 Å². The van der Waals surface area contributed by atoms with E-state index >= 15 is 0 Å². The van der Waals surface area contributed by atoms with Gasteiger partial charge in [-0.05, 0) is 29.9 Å². The zero-order valence-corrected chi connectivity index (χ0v) is 13.3. The van der Waals surface area contributed by atoms with Crippen LogP contribution in [-0.2, 0) is 17.6 Å². The highest BCUT2D eigenvalue weighted by atomic mass is 32.1. The molecule has 0 bridgehead atoms. The van der Waals surface area contributed by atoms with Gasteiger partial charge in [-0.2, -0.15) is 4.37 Å². The van der Waals surface area contributed by atoms with Gasteiger partial charge < -0.3 is 10.1 Å². The molecule has 3 rings (SSSR count). The molecule has 1 aromatic heterocycles. The van der Waals surface area contributed by atoms with Crippen LogP contribution in [-0.4, -0.2) is 23.1 Å². The molecule has 1 aromatic carbocycles. The minimum atomic E-state index is 0.332. The molecule has 0 saturated heterocycles. The van der Waals surface area contributed by atoms with Gasteiger partial charge in [0.15, 0.2) is 0 Å². The number of nitrogens with one attached hydrogen (secondary N) is 1. The third kappa shape index (κ3) is 3.24. The summed E-state index contributed by atoms with van der Waals surface area (Å²) in [7, 11) is 1.70. The second-order valence-corrected chi connectivity index (χ2v) is 6.35. The molecule has 5 heteroatoms. The SMILES string of the molecule is COCCc1nsc(NC2c3ccccc3CCC2C)n1. The lowest BCUT2D eigenvalue weighted by atomic mass is 9.81. The third-order valence-corrected chi connectivity index (χ3v) is 4.79. The number of benzene rings is 1. The first kappa shape index (κ1) is 14.5. The van der Waals surface area contributed by atoms with Crippen LogP contribution in [0.4, 0.5) is 5.13 Å². The molecule has 0 aliphatic heterocycles. The molecular formula is C16H21N3OS. The highest BCUT2D eigenvalue weighted by Gasteiger charge is 2.26. The number of aryl methyl sites for hydroxylation is 1. The number of ether oxygens (including phenoxy) is 1. The van der Waals surface area contributed by atoms with Gasteiger partial charge in [-0.25, -0.2) is 4.98 Å². The molecule has 2 atom stereocenters. The van der Waals surface area contributed by atoms with E-state index < -0.39 is 0 Å². The molecule has 1 aliphatic rings. The number of hydrogen-bond acceptors (Lipinski definition) is 5. The molecular weight excluding hydrogens is 282 g/mol. The van der Waals surface area contributed by atoms with E-state index in [9.17, 15) is 0 Å². The van der Waals surface area contributed by atoms with E-state index in [0.29, 0.717) is 18.6 Å². The van der Waals surface area contributed by atoms with Gasteiger partial charge in [0.25, 0.3) is 0 Å². The molecule has 0 radical (unpaired) electrons. The molecule has 1 N–H and O–H groups in total. The van der Waals surface area contributed by atoms with E-state index in [4.69, 9.17) is 4.74 Å². The fourth-order valence-corrected chi connectivity index (χ4v) is 3.53. The minimum Gasteiger partial charge on any atom is -0.384 e. The first-order valence-electron chi connectivity index (χ1n) is 7.44. The van der Waals surface area contributed by atoms with Crippen LogP contribution >= 0.6 is 11.5 Å². The number of fused-ring (bicyclic) bond motifs is 1. The Balaban J connectivity index is 1.76. The molecule has 0 saturated carbocycles. The van der Waals surface area contributed by atoms with Crippen molar-refractivity contribution in [2.45, 2.75) is 32.2 Å². The Morgan fingerprint density at radius 2 is 2.24 bits per heavy atom. The number of aromatic nitrogens is 2. The summed E-state index contributed by atoms with van der Waals surface area (Å²) in [5.41, 5.74) is 2.86. The van der Waals surface area contributed by atoms with Crippen molar-refractivity contribution in [1.82, 2.24) is 9.36 Å². The Hall–Kier alpha value is -1.46. The Morgan fingerprint density at radius 1 is 1.38 bits per heavy atom. The maximum atomic E-state index is 5.07. The smallest absolute Gasteiger partial charge is 0.203 e. The van der Waals surface area contributed by atoms with Crippen LogP contribution in [0.3, 0.4) is 0 Å². The van der Waals surface area contributed by atoms with Gasteiger partial charge >= 0.3 is 0 Å². The second-order valence-electron chi connectivity index (χ2n) is 5.60. The van der Waals surface area contributed by atoms with Gasteiger partial charge in [0, 0.05) is 25.1 Å². The molecule has 0 amide bonds. The van der Waals surface area contributed by atoms with Crippen LogP contribution in [0.15, 0.2) is 24.3 Å². The van der Waals surface area contributed by atoms with Crippen molar-refractivity contribution in [2.75, 3.05) is 19.0 Å². The normalized spacial score (nSPS) is 21.0. The summed E-state index contributed by atoms with van der Waals surface area (Å²) < 4.78 is 9.46. The Kier molecular flexibility index (Phi) is 4.51. The second kappa shape index (κ2) is 6.54. The lowest BCUT2D eigenvalue weighted by Gasteiger charge is -2.31. The van der Waals surface area contributed by atoms with E-state index in [1.807, 2.05) is 0 Å². The summed E-state index contributed by atoms with van der Waals surface area (Å²) >= 11 is 1.44. The lowest BCUT2D eigenvalue weighted by molar-refractivity contribution is 0.201. The quantitative estimate of drug-likeness (QED) is 0.919. The predicted octanol–water partition coefficient (Wildman–Crippen LogP) is 3.46. The first-order chi connectivity index (χ1) is 10.3. The van der Waals surface area contributed by atoms with Gasteiger partial charge in [0.05, 0.1) is 12.6 Å². The van der Waals surface area contributed by atoms with E-state index in [2.05, 4.69) is 45.9 Å². The average Bonchev–Trinajstić information content (AvgIpc) is 2.96. The van der Waals surface area contributed by atoms with Crippen LogP contribution in [0.1, 0.15) is 36.3 Å². The zero-order valence-electron chi connectivity index (χ0n) is 12.5. The molecule has 0 fully saturated rings. The summed E-state index contributed by atoms with van der Waals surface area (Å²) in [6.07, 6.45) is 3.15. The lowest BCUT2D eigenvalue weighted by Crippen LogP contribution is -2.24. The van der Waals surface area contributed by atoms with Crippen LogP contribution in [0.5, 0.6) is 0 Å². The van der Waals surface area contributed by atoms with Gasteiger partial charge in [-0.1, -0.05) is 31.2 Å².